The van der Waals surface area contributed by atoms with Gasteiger partial charge in [0.15, 0.2) is 0 Å². The molecule has 4 heteroatoms. The lowest BCUT2D eigenvalue weighted by atomic mass is 9.85. The number of thioether (sulfide) groups is 1. The molecule has 0 aromatic carbocycles. The zero-order valence-electron chi connectivity index (χ0n) is 9.65. The predicted molar refractivity (Wildman–Crippen MR) is 66.5 cm³/mol. The van der Waals surface area contributed by atoms with E-state index in [2.05, 4.69) is 5.32 Å². The molecule has 16 heavy (non-hydrogen) atoms. The summed E-state index contributed by atoms with van der Waals surface area (Å²) in [4.78, 5) is 12.0. The zero-order chi connectivity index (χ0) is 11.4. The highest BCUT2D eigenvalue weighted by molar-refractivity contribution is 8.00. The van der Waals surface area contributed by atoms with Crippen LogP contribution in [-0.4, -0.2) is 34.7 Å². The number of aliphatic hydroxyl groups excluding tert-OH is 1. The van der Waals surface area contributed by atoms with Crippen LogP contribution in [0.25, 0.3) is 0 Å². The third-order valence-electron chi connectivity index (χ3n) is 3.69. The SMILES string of the molecule is O=C(NC1CCCCC1CO)C1CCCS1. The minimum absolute atomic E-state index is 0.168. The molecule has 1 amide bonds. The number of amides is 1. The van der Waals surface area contributed by atoms with Crippen LogP contribution >= 0.6 is 11.8 Å². The first-order valence-corrected chi connectivity index (χ1v) is 7.39. The summed E-state index contributed by atoms with van der Waals surface area (Å²) in [5.74, 6) is 1.60. The molecular formula is C12H21NO2S. The van der Waals surface area contributed by atoms with Crippen LogP contribution in [0.5, 0.6) is 0 Å². The predicted octanol–water partition coefficient (Wildman–Crippen LogP) is 1.55. The lowest BCUT2D eigenvalue weighted by molar-refractivity contribution is -0.122. The Morgan fingerprint density at radius 1 is 1.25 bits per heavy atom. The van der Waals surface area contributed by atoms with Crippen molar-refractivity contribution >= 4 is 17.7 Å². The average molecular weight is 243 g/mol. The van der Waals surface area contributed by atoms with Crippen LogP contribution in [0.2, 0.25) is 0 Å². The molecule has 1 saturated heterocycles. The Balaban J connectivity index is 1.84. The molecule has 1 aliphatic heterocycles. The summed E-state index contributed by atoms with van der Waals surface area (Å²) < 4.78 is 0. The number of nitrogens with one attached hydrogen (secondary N) is 1. The number of aliphatic hydroxyl groups is 1. The molecule has 2 rings (SSSR count). The van der Waals surface area contributed by atoms with Crippen molar-refractivity contribution < 1.29 is 9.90 Å². The van der Waals surface area contributed by atoms with Crippen molar-refractivity contribution in [3.63, 3.8) is 0 Å². The summed E-state index contributed by atoms with van der Waals surface area (Å²) in [5.41, 5.74) is 0. The molecule has 3 atom stereocenters. The Morgan fingerprint density at radius 3 is 2.75 bits per heavy atom. The molecule has 0 bridgehead atoms. The maximum atomic E-state index is 12.0. The van der Waals surface area contributed by atoms with Gasteiger partial charge in [-0.1, -0.05) is 12.8 Å². The third-order valence-corrected chi connectivity index (χ3v) is 5.07. The van der Waals surface area contributed by atoms with E-state index in [9.17, 15) is 9.90 Å². The second kappa shape index (κ2) is 5.92. The smallest absolute Gasteiger partial charge is 0.233 e. The van der Waals surface area contributed by atoms with E-state index in [1.165, 1.54) is 12.8 Å². The van der Waals surface area contributed by atoms with Crippen molar-refractivity contribution in [2.75, 3.05) is 12.4 Å². The second-order valence-corrected chi connectivity index (χ2v) is 6.15. The summed E-state index contributed by atoms with van der Waals surface area (Å²) in [6.45, 7) is 0.211. The van der Waals surface area contributed by atoms with Gasteiger partial charge in [0.25, 0.3) is 0 Å². The number of hydrogen-bond donors (Lipinski definition) is 2. The van der Waals surface area contributed by atoms with Gasteiger partial charge in [0, 0.05) is 18.6 Å². The van der Waals surface area contributed by atoms with Crippen molar-refractivity contribution in [3.05, 3.63) is 0 Å². The van der Waals surface area contributed by atoms with Gasteiger partial charge in [0.1, 0.15) is 0 Å². The Bertz CT molecular complexity index is 241. The molecule has 1 heterocycles. The van der Waals surface area contributed by atoms with Crippen molar-refractivity contribution in [2.45, 2.75) is 49.8 Å². The molecular weight excluding hydrogens is 222 g/mol. The first kappa shape index (κ1) is 12.2. The van der Waals surface area contributed by atoms with Crippen LogP contribution in [0, 0.1) is 5.92 Å². The van der Waals surface area contributed by atoms with Crippen molar-refractivity contribution in [3.8, 4) is 0 Å². The van der Waals surface area contributed by atoms with Gasteiger partial charge < -0.3 is 10.4 Å². The Kier molecular flexibility index (Phi) is 4.53. The number of rotatable bonds is 3. The number of carbonyl (C=O) groups excluding carboxylic acids is 1. The average Bonchev–Trinajstić information content (AvgIpc) is 2.83. The summed E-state index contributed by atoms with van der Waals surface area (Å²) in [5, 5.41) is 12.6. The summed E-state index contributed by atoms with van der Waals surface area (Å²) >= 11 is 1.77. The van der Waals surface area contributed by atoms with Gasteiger partial charge in [0.2, 0.25) is 5.91 Å². The highest BCUT2D eigenvalue weighted by atomic mass is 32.2. The van der Waals surface area contributed by atoms with Crippen LogP contribution in [0.4, 0.5) is 0 Å². The van der Waals surface area contributed by atoms with E-state index in [0.717, 1.165) is 31.4 Å². The van der Waals surface area contributed by atoms with Gasteiger partial charge in [-0.3, -0.25) is 4.79 Å². The quantitative estimate of drug-likeness (QED) is 0.790. The van der Waals surface area contributed by atoms with Gasteiger partial charge in [0.05, 0.1) is 5.25 Å². The molecule has 1 saturated carbocycles. The van der Waals surface area contributed by atoms with Gasteiger partial charge in [-0.05, 0) is 31.4 Å². The lowest BCUT2D eigenvalue weighted by Crippen LogP contribution is -2.46. The first-order valence-electron chi connectivity index (χ1n) is 6.34. The molecule has 0 radical (unpaired) electrons. The Morgan fingerprint density at radius 2 is 2.06 bits per heavy atom. The maximum Gasteiger partial charge on any atom is 0.233 e. The van der Waals surface area contributed by atoms with E-state index in [0.29, 0.717) is 0 Å². The fourth-order valence-electron chi connectivity index (χ4n) is 2.68. The third kappa shape index (κ3) is 2.92. The minimum Gasteiger partial charge on any atom is -0.396 e. The first-order chi connectivity index (χ1) is 7.81. The number of hydrogen-bond acceptors (Lipinski definition) is 3. The maximum absolute atomic E-state index is 12.0. The summed E-state index contributed by atoms with van der Waals surface area (Å²) in [6, 6.07) is 0.215. The van der Waals surface area contributed by atoms with E-state index in [1.807, 2.05) is 0 Å². The molecule has 0 spiro atoms. The standard InChI is InChI=1S/C12H21NO2S/c14-8-9-4-1-2-5-10(9)13-12(15)11-6-3-7-16-11/h9-11,14H,1-8H2,(H,13,15). The number of carbonyl (C=O) groups is 1. The normalized spacial score (nSPS) is 34.9. The van der Waals surface area contributed by atoms with Gasteiger partial charge in [-0.15, -0.1) is 11.8 Å². The second-order valence-electron chi connectivity index (χ2n) is 4.84. The van der Waals surface area contributed by atoms with E-state index < -0.39 is 0 Å². The molecule has 3 nitrogen and oxygen atoms in total. The van der Waals surface area contributed by atoms with Crippen molar-refractivity contribution in [2.24, 2.45) is 5.92 Å². The molecule has 0 aromatic rings. The van der Waals surface area contributed by atoms with Crippen molar-refractivity contribution in [1.29, 1.82) is 0 Å². The van der Waals surface area contributed by atoms with E-state index in [-0.39, 0.29) is 29.7 Å². The van der Waals surface area contributed by atoms with Crippen LogP contribution in [-0.2, 0) is 4.79 Å². The summed E-state index contributed by atoms with van der Waals surface area (Å²) in [7, 11) is 0. The van der Waals surface area contributed by atoms with Crippen molar-refractivity contribution in [1.82, 2.24) is 5.32 Å². The molecule has 1 aliphatic carbocycles. The van der Waals surface area contributed by atoms with E-state index in [4.69, 9.17) is 0 Å². The monoisotopic (exact) mass is 243 g/mol. The van der Waals surface area contributed by atoms with Crippen LogP contribution in [0.3, 0.4) is 0 Å². The fraction of sp³-hybridized carbons (Fsp3) is 0.917. The van der Waals surface area contributed by atoms with Gasteiger partial charge in [-0.25, -0.2) is 0 Å². The molecule has 0 aromatic heterocycles. The van der Waals surface area contributed by atoms with E-state index >= 15 is 0 Å². The van der Waals surface area contributed by atoms with E-state index in [1.54, 1.807) is 11.8 Å². The van der Waals surface area contributed by atoms with Gasteiger partial charge in [-0.2, -0.15) is 0 Å². The Hall–Kier alpha value is -0.220. The molecule has 2 aliphatic rings. The zero-order valence-corrected chi connectivity index (χ0v) is 10.5. The highest BCUT2D eigenvalue weighted by Crippen LogP contribution is 2.28. The minimum atomic E-state index is 0.168. The lowest BCUT2D eigenvalue weighted by Gasteiger charge is -2.31. The Labute approximate surface area is 101 Å². The van der Waals surface area contributed by atoms with Gasteiger partial charge >= 0.3 is 0 Å². The fourth-order valence-corrected chi connectivity index (χ4v) is 3.85. The van der Waals surface area contributed by atoms with Crippen LogP contribution < -0.4 is 5.32 Å². The topological polar surface area (TPSA) is 49.3 Å². The highest BCUT2D eigenvalue weighted by Gasteiger charge is 2.29. The molecule has 2 fully saturated rings. The largest absolute Gasteiger partial charge is 0.396 e. The molecule has 92 valence electrons. The summed E-state index contributed by atoms with van der Waals surface area (Å²) in [6.07, 6.45) is 6.65. The van der Waals surface area contributed by atoms with Crippen LogP contribution in [0.15, 0.2) is 0 Å². The molecule has 3 unspecified atom stereocenters. The molecule has 2 N–H and O–H groups in total. The van der Waals surface area contributed by atoms with Crippen LogP contribution in [0.1, 0.15) is 38.5 Å².